The van der Waals surface area contributed by atoms with Gasteiger partial charge in [0.05, 0.1) is 44.2 Å². The number of epoxide rings is 1. The molecule has 1 saturated carbocycles. The Morgan fingerprint density at radius 2 is 1.92 bits per heavy atom. The zero-order valence-electron chi connectivity index (χ0n) is 24.3. The molecule has 3 aliphatic rings. The third-order valence-corrected chi connectivity index (χ3v) is 9.75. The van der Waals surface area contributed by atoms with Crippen molar-refractivity contribution < 1.29 is 38.1 Å². The maximum Gasteiger partial charge on any atom is 0.308 e. The van der Waals surface area contributed by atoms with Crippen molar-refractivity contribution in [1.29, 1.82) is 0 Å². The van der Waals surface area contributed by atoms with Gasteiger partial charge in [0.2, 0.25) is 0 Å². The third-order valence-electron chi connectivity index (χ3n) is 9.75. The lowest BCUT2D eigenvalue weighted by atomic mass is 9.56. The minimum Gasteiger partial charge on any atom is -0.472 e. The van der Waals surface area contributed by atoms with Crippen molar-refractivity contribution in [3.63, 3.8) is 0 Å². The summed E-state index contributed by atoms with van der Waals surface area (Å²) in [4.78, 5) is 37.6. The molecular weight excluding hydrogens is 500 g/mol. The molecule has 0 bridgehead atoms. The molecule has 214 valence electrons. The number of hydrogen-bond donors (Lipinski definition) is 1. The fourth-order valence-corrected chi connectivity index (χ4v) is 7.29. The molecule has 0 spiro atoms. The fourth-order valence-electron chi connectivity index (χ4n) is 7.29. The van der Waals surface area contributed by atoms with Crippen molar-refractivity contribution in [1.82, 2.24) is 0 Å². The van der Waals surface area contributed by atoms with Gasteiger partial charge >= 0.3 is 11.9 Å². The van der Waals surface area contributed by atoms with Crippen molar-refractivity contribution in [2.45, 2.75) is 85.0 Å². The maximum atomic E-state index is 12.9. The normalized spacial score (nSPS) is 36.0. The number of carbonyl (C=O) groups is 3. The Morgan fingerprint density at radius 3 is 2.51 bits per heavy atom. The molecule has 1 aliphatic heterocycles. The number of rotatable bonds is 9. The van der Waals surface area contributed by atoms with Gasteiger partial charge in [0.1, 0.15) is 12.2 Å². The minimum atomic E-state index is -1.02. The Balaban J connectivity index is 1.76. The quantitative estimate of drug-likeness (QED) is 0.270. The van der Waals surface area contributed by atoms with Crippen LogP contribution in [-0.4, -0.2) is 54.4 Å². The van der Waals surface area contributed by atoms with Crippen molar-refractivity contribution in [2.75, 3.05) is 13.7 Å². The molecule has 1 N–H and O–H groups in total. The Kier molecular flexibility index (Phi) is 7.54. The lowest BCUT2D eigenvalue weighted by Gasteiger charge is -2.46. The van der Waals surface area contributed by atoms with Gasteiger partial charge in [-0.25, -0.2) is 0 Å². The molecule has 1 saturated heterocycles. The molecule has 8 heteroatoms. The molecule has 4 rings (SSSR count). The summed E-state index contributed by atoms with van der Waals surface area (Å²) in [6.45, 7) is 13.1. The molecule has 1 aromatic rings. The molecule has 7 atom stereocenters. The molecule has 2 heterocycles. The maximum absolute atomic E-state index is 12.9. The number of hydrogen-bond acceptors (Lipinski definition) is 8. The molecule has 0 amide bonds. The number of fused-ring (bicyclic) bond motifs is 1. The van der Waals surface area contributed by atoms with E-state index in [1.807, 2.05) is 46.8 Å². The van der Waals surface area contributed by atoms with Crippen LogP contribution in [0.4, 0.5) is 0 Å². The van der Waals surface area contributed by atoms with Crippen LogP contribution in [0.2, 0.25) is 0 Å². The lowest BCUT2D eigenvalue weighted by Crippen LogP contribution is -2.50. The predicted octanol–water partition coefficient (Wildman–Crippen LogP) is 4.77. The van der Waals surface area contributed by atoms with Crippen LogP contribution in [0.25, 0.3) is 0 Å². The van der Waals surface area contributed by atoms with Crippen molar-refractivity contribution in [2.24, 2.45) is 28.1 Å². The first-order chi connectivity index (χ1) is 18.1. The standard InChI is InChI=1S/C31H42O8/c1-18(2)27(35)38-17-24(33)30(7)21(20-10-12-37-16-20)13-25-31(30,39-25)19(3)15-29(6)11-9-23(32)28(4,5)22(29)14-26(34)36-8/h9-12,15-16,18,21-22,24-25,33H,13-14,17H2,1-8H3/b19-15-/t21-,22-,24-,25+,29+,30+,31+/m0/s1. The van der Waals surface area contributed by atoms with E-state index in [2.05, 4.69) is 6.08 Å². The van der Waals surface area contributed by atoms with Gasteiger partial charge in [0.15, 0.2) is 5.78 Å². The van der Waals surface area contributed by atoms with Gasteiger partial charge in [-0.3, -0.25) is 14.4 Å². The zero-order chi connectivity index (χ0) is 29.0. The van der Waals surface area contributed by atoms with E-state index in [1.54, 1.807) is 32.4 Å². The average Bonchev–Trinajstić information content (AvgIpc) is 3.24. The zero-order valence-corrected chi connectivity index (χ0v) is 24.3. The third kappa shape index (κ3) is 4.59. The second kappa shape index (κ2) is 10.0. The molecular formula is C31H42O8. The van der Waals surface area contributed by atoms with Gasteiger partial charge in [-0.1, -0.05) is 53.7 Å². The van der Waals surface area contributed by atoms with Crippen LogP contribution < -0.4 is 0 Å². The summed E-state index contributed by atoms with van der Waals surface area (Å²) >= 11 is 0. The van der Waals surface area contributed by atoms with E-state index in [4.69, 9.17) is 18.6 Å². The first kappa shape index (κ1) is 29.3. The highest BCUT2D eigenvalue weighted by molar-refractivity contribution is 5.96. The highest BCUT2D eigenvalue weighted by atomic mass is 16.6. The number of ketones is 1. The van der Waals surface area contributed by atoms with Crippen LogP contribution in [0, 0.1) is 28.1 Å². The molecule has 0 radical (unpaired) electrons. The predicted molar refractivity (Wildman–Crippen MR) is 143 cm³/mol. The van der Waals surface area contributed by atoms with E-state index in [0.717, 1.165) is 11.1 Å². The number of carbonyl (C=O) groups excluding carboxylic acids is 3. The van der Waals surface area contributed by atoms with Crippen LogP contribution in [0.15, 0.2) is 46.8 Å². The van der Waals surface area contributed by atoms with Crippen molar-refractivity contribution >= 4 is 17.7 Å². The van der Waals surface area contributed by atoms with Crippen LogP contribution in [-0.2, 0) is 28.6 Å². The number of ether oxygens (including phenoxy) is 3. The monoisotopic (exact) mass is 542 g/mol. The summed E-state index contributed by atoms with van der Waals surface area (Å²) in [7, 11) is 1.35. The van der Waals surface area contributed by atoms with E-state index in [-0.39, 0.29) is 54.6 Å². The van der Waals surface area contributed by atoms with Gasteiger partial charge in [0.25, 0.3) is 0 Å². The van der Waals surface area contributed by atoms with Gasteiger partial charge in [-0.05, 0) is 42.5 Å². The van der Waals surface area contributed by atoms with Gasteiger partial charge in [-0.15, -0.1) is 0 Å². The number of aliphatic hydroxyl groups excluding tert-OH is 1. The van der Waals surface area contributed by atoms with Crippen LogP contribution in [0.5, 0.6) is 0 Å². The Morgan fingerprint density at radius 1 is 1.23 bits per heavy atom. The molecule has 0 aromatic carbocycles. The summed E-state index contributed by atoms with van der Waals surface area (Å²) in [5.41, 5.74) is -1.27. The smallest absolute Gasteiger partial charge is 0.308 e. The van der Waals surface area contributed by atoms with Gasteiger partial charge < -0.3 is 23.7 Å². The van der Waals surface area contributed by atoms with Crippen molar-refractivity contribution in [3.8, 4) is 0 Å². The summed E-state index contributed by atoms with van der Waals surface area (Å²) in [5, 5.41) is 11.7. The number of methoxy groups -OCH3 is 1. The Bertz CT molecular complexity index is 1180. The topological polar surface area (TPSA) is 116 Å². The molecule has 2 aliphatic carbocycles. The van der Waals surface area contributed by atoms with Crippen LogP contribution in [0.1, 0.15) is 72.8 Å². The largest absolute Gasteiger partial charge is 0.472 e. The first-order valence-corrected chi connectivity index (χ1v) is 13.7. The molecule has 0 unspecified atom stereocenters. The summed E-state index contributed by atoms with van der Waals surface area (Å²) in [6, 6.07) is 1.90. The SMILES string of the molecule is COC(=O)C[C@H]1C(C)(C)C(=O)C=C[C@]1(C)/C=C(/C)[C@@]12O[C@@H]1C[C@@H](c1ccoc1)[C@]2(C)[C@@H](O)COC(=O)C(C)C. The molecule has 2 fully saturated rings. The minimum absolute atomic E-state index is 0.0354. The second-order valence-corrected chi connectivity index (χ2v) is 12.7. The first-order valence-electron chi connectivity index (χ1n) is 13.7. The lowest BCUT2D eigenvalue weighted by molar-refractivity contribution is -0.155. The van der Waals surface area contributed by atoms with Gasteiger partial charge in [0, 0.05) is 22.2 Å². The van der Waals surface area contributed by atoms with Crippen LogP contribution >= 0.6 is 0 Å². The van der Waals surface area contributed by atoms with E-state index in [1.165, 1.54) is 7.11 Å². The second-order valence-electron chi connectivity index (χ2n) is 12.7. The van der Waals surface area contributed by atoms with Crippen molar-refractivity contribution in [3.05, 3.63) is 48.0 Å². The summed E-state index contributed by atoms with van der Waals surface area (Å²) in [6.07, 6.45) is 8.44. The molecule has 8 nitrogen and oxygen atoms in total. The highest BCUT2D eigenvalue weighted by Crippen LogP contribution is 2.71. The van der Waals surface area contributed by atoms with E-state index < -0.39 is 27.9 Å². The molecule has 39 heavy (non-hydrogen) atoms. The number of aliphatic hydroxyl groups is 1. The number of furan rings is 1. The number of esters is 2. The summed E-state index contributed by atoms with van der Waals surface area (Å²) in [5.74, 6) is -1.55. The molecule has 1 aromatic heterocycles. The van der Waals surface area contributed by atoms with Crippen LogP contribution in [0.3, 0.4) is 0 Å². The number of allylic oxidation sites excluding steroid dienone is 3. The van der Waals surface area contributed by atoms with Gasteiger partial charge in [-0.2, -0.15) is 0 Å². The fraction of sp³-hybridized carbons (Fsp3) is 0.645. The van der Waals surface area contributed by atoms with E-state index in [9.17, 15) is 19.5 Å². The average molecular weight is 543 g/mol. The summed E-state index contributed by atoms with van der Waals surface area (Å²) < 4.78 is 22.3. The Hall–Kier alpha value is -2.71. The van der Waals surface area contributed by atoms with E-state index >= 15 is 0 Å². The van der Waals surface area contributed by atoms with E-state index in [0.29, 0.717) is 6.42 Å². The highest BCUT2D eigenvalue weighted by Gasteiger charge is 2.77. The Labute approximate surface area is 230 Å².